The maximum atomic E-state index is 13.0. The number of amides is 4. The molecule has 0 atom stereocenters. The topological polar surface area (TPSA) is 95.9 Å². The van der Waals surface area contributed by atoms with Crippen LogP contribution >= 0.6 is 39.1 Å². The molecule has 1 aliphatic heterocycles. The Balaban J connectivity index is 2.09. The third-order valence-corrected chi connectivity index (χ3v) is 5.45. The molecule has 0 saturated carbocycles. The number of rotatable bonds is 4. The first-order chi connectivity index (χ1) is 13.7. The summed E-state index contributed by atoms with van der Waals surface area (Å²) >= 11 is 15.4. The Kier molecular flexibility index (Phi) is 6.16. The highest BCUT2D eigenvalue weighted by atomic mass is 79.9. The van der Waals surface area contributed by atoms with Crippen molar-refractivity contribution in [3.63, 3.8) is 0 Å². The molecule has 7 nitrogen and oxygen atoms in total. The lowest BCUT2D eigenvalue weighted by Gasteiger charge is -2.27. The van der Waals surface area contributed by atoms with Gasteiger partial charge in [-0.3, -0.25) is 14.9 Å². The molecule has 10 heteroatoms. The lowest BCUT2D eigenvalue weighted by molar-refractivity contribution is -0.122. The fourth-order valence-corrected chi connectivity index (χ4v) is 3.46. The van der Waals surface area contributed by atoms with Gasteiger partial charge in [-0.15, -0.1) is 0 Å². The zero-order valence-corrected chi connectivity index (χ0v) is 17.9. The Hall–Kier alpha value is -2.55. The van der Waals surface area contributed by atoms with Crippen LogP contribution in [0.2, 0.25) is 10.0 Å². The summed E-state index contributed by atoms with van der Waals surface area (Å²) in [6.45, 7) is 2.05. The number of halogens is 3. The molecule has 2 N–H and O–H groups in total. The normalized spacial score (nSPS) is 15.7. The van der Waals surface area contributed by atoms with Crippen molar-refractivity contribution in [3.05, 3.63) is 56.0 Å². The standard InChI is InChI=1S/C19H13BrCl2N2O5/c1-2-29-15-7-9(11(20)8-14(15)25)6-10-17(26)23-19(28)24(18(10)27)13-5-3-4-12(21)16(13)22/h3-8,25H,2H2,1H3,(H,23,26,28)/b10-6+. The molecule has 1 saturated heterocycles. The summed E-state index contributed by atoms with van der Waals surface area (Å²) in [5.41, 5.74) is 0.116. The van der Waals surface area contributed by atoms with E-state index in [0.717, 1.165) is 4.90 Å². The van der Waals surface area contributed by atoms with Gasteiger partial charge in [0.05, 0.1) is 22.3 Å². The number of phenolic OH excluding ortho intramolecular Hbond substituents is 1. The van der Waals surface area contributed by atoms with E-state index in [9.17, 15) is 19.5 Å². The Morgan fingerprint density at radius 2 is 1.97 bits per heavy atom. The van der Waals surface area contributed by atoms with Crippen LogP contribution in [0.25, 0.3) is 6.08 Å². The van der Waals surface area contributed by atoms with Crippen molar-refractivity contribution in [2.24, 2.45) is 0 Å². The molecule has 1 fully saturated rings. The van der Waals surface area contributed by atoms with Crippen LogP contribution in [0.5, 0.6) is 11.5 Å². The van der Waals surface area contributed by atoms with Gasteiger partial charge in [0.25, 0.3) is 11.8 Å². The van der Waals surface area contributed by atoms with Gasteiger partial charge in [0, 0.05) is 4.47 Å². The van der Waals surface area contributed by atoms with Crippen LogP contribution < -0.4 is 15.0 Å². The molecule has 4 amide bonds. The molecule has 0 aromatic heterocycles. The number of hydrogen-bond donors (Lipinski definition) is 2. The molecule has 3 rings (SSSR count). The van der Waals surface area contributed by atoms with Crippen LogP contribution in [-0.4, -0.2) is 29.6 Å². The van der Waals surface area contributed by atoms with Crippen LogP contribution in [0.15, 0.2) is 40.4 Å². The summed E-state index contributed by atoms with van der Waals surface area (Å²) < 4.78 is 5.74. The number of carbonyl (C=O) groups excluding carboxylic acids is 3. The summed E-state index contributed by atoms with van der Waals surface area (Å²) in [7, 11) is 0. The SMILES string of the molecule is CCOc1cc(/C=C2\C(=O)NC(=O)N(c3cccc(Cl)c3Cl)C2=O)c(Br)cc1O. The number of ether oxygens (including phenoxy) is 1. The molecule has 0 radical (unpaired) electrons. The van der Waals surface area contributed by atoms with E-state index in [-0.39, 0.29) is 32.8 Å². The smallest absolute Gasteiger partial charge is 0.336 e. The quantitative estimate of drug-likeness (QED) is 0.476. The second-order valence-electron chi connectivity index (χ2n) is 5.81. The van der Waals surface area contributed by atoms with Gasteiger partial charge in [0.1, 0.15) is 5.57 Å². The van der Waals surface area contributed by atoms with Crippen LogP contribution in [-0.2, 0) is 9.59 Å². The Bertz CT molecular complexity index is 1070. The number of carbonyl (C=O) groups is 3. The molecule has 1 aliphatic rings. The van der Waals surface area contributed by atoms with Crippen molar-refractivity contribution in [1.29, 1.82) is 0 Å². The molecule has 0 spiro atoms. The van der Waals surface area contributed by atoms with Crippen molar-refractivity contribution in [1.82, 2.24) is 5.32 Å². The minimum atomic E-state index is -0.943. The van der Waals surface area contributed by atoms with Crippen molar-refractivity contribution >= 4 is 68.7 Å². The van der Waals surface area contributed by atoms with Gasteiger partial charge in [-0.1, -0.05) is 45.2 Å². The van der Waals surface area contributed by atoms with E-state index < -0.39 is 17.8 Å². The highest BCUT2D eigenvalue weighted by Gasteiger charge is 2.38. The van der Waals surface area contributed by atoms with E-state index in [1.165, 1.54) is 36.4 Å². The molecule has 0 bridgehead atoms. The van der Waals surface area contributed by atoms with E-state index in [0.29, 0.717) is 16.6 Å². The zero-order chi connectivity index (χ0) is 21.3. The molecular formula is C19H13BrCl2N2O5. The molecule has 150 valence electrons. The van der Waals surface area contributed by atoms with Crippen LogP contribution in [0.3, 0.4) is 0 Å². The lowest BCUT2D eigenvalue weighted by atomic mass is 10.1. The van der Waals surface area contributed by atoms with Gasteiger partial charge in [-0.2, -0.15) is 0 Å². The third kappa shape index (κ3) is 4.10. The van der Waals surface area contributed by atoms with Gasteiger partial charge < -0.3 is 9.84 Å². The number of nitrogens with zero attached hydrogens (tertiary/aromatic N) is 1. The highest BCUT2D eigenvalue weighted by Crippen LogP contribution is 2.36. The summed E-state index contributed by atoms with van der Waals surface area (Å²) in [5.74, 6) is -1.67. The number of benzene rings is 2. The summed E-state index contributed by atoms with van der Waals surface area (Å²) in [5, 5.41) is 12.2. The monoisotopic (exact) mass is 498 g/mol. The average Bonchev–Trinajstić information content (AvgIpc) is 2.65. The highest BCUT2D eigenvalue weighted by molar-refractivity contribution is 9.10. The molecular weight excluding hydrogens is 487 g/mol. The molecule has 1 heterocycles. The first kappa shape index (κ1) is 21.2. The number of phenols is 1. The second kappa shape index (κ2) is 8.44. The maximum absolute atomic E-state index is 13.0. The fraction of sp³-hybridized carbons (Fsp3) is 0.105. The molecule has 0 unspecified atom stereocenters. The molecule has 29 heavy (non-hydrogen) atoms. The summed E-state index contributed by atoms with van der Waals surface area (Å²) in [6, 6.07) is 6.35. The van der Waals surface area contributed by atoms with Crippen molar-refractivity contribution < 1.29 is 24.2 Å². The van der Waals surface area contributed by atoms with Gasteiger partial charge in [0.15, 0.2) is 11.5 Å². The fourth-order valence-electron chi connectivity index (χ4n) is 2.64. The minimum absolute atomic E-state index is 0.00388. The van der Waals surface area contributed by atoms with Crippen molar-refractivity contribution in [2.75, 3.05) is 11.5 Å². The minimum Gasteiger partial charge on any atom is -0.504 e. The van der Waals surface area contributed by atoms with Crippen LogP contribution in [0.1, 0.15) is 12.5 Å². The number of imide groups is 2. The number of aromatic hydroxyl groups is 1. The summed E-state index contributed by atoms with van der Waals surface area (Å²) in [4.78, 5) is 38.4. The summed E-state index contributed by atoms with van der Waals surface area (Å²) in [6.07, 6.45) is 1.28. The molecule has 2 aromatic rings. The average molecular weight is 500 g/mol. The number of anilines is 1. The number of barbiturate groups is 1. The van der Waals surface area contributed by atoms with Crippen molar-refractivity contribution in [3.8, 4) is 11.5 Å². The van der Waals surface area contributed by atoms with Gasteiger partial charge in [-0.05, 0) is 42.8 Å². The van der Waals surface area contributed by atoms with E-state index in [1.807, 2.05) is 0 Å². The predicted molar refractivity (Wildman–Crippen MR) is 112 cm³/mol. The number of urea groups is 1. The lowest BCUT2D eigenvalue weighted by Crippen LogP contribution is -2.54. The van der Waals surface area contributed by atoms with E-state index in [2.05, 4.69) is 21.2 Å². The van der Waals surface area contributed by atoms with Gasteiger partial charge in [0.2, 0.25) is 0 Å². The third-order valence-electron chi connectivity index (χ3n) is 3.95. The number of hydrogen-bond acceptors (Lipinski definition) is 5. The van der Waals surface area contributed by atoms with Crippen LogP contribution in [0.4, 0.5) is 10.5 Å². The predicted octanol–water partition coefficient (Wildman–Crippen LogP) is 4.53. The maximum Gasteiger partial charge on any atom is 0.336 e. The Morgan fingerprint density at radius 3 is 2.66 bits per heavy atom. The molecule has 2 aromatic carbocycles. The second-order valence-corrected chi connectivity index (χ2v) is 7.44. The van der Waals surface area contributed by atoms with E-state index >= 15 is 0 Å². The van der Waals surface area contributed by atoms with E-state index in [1.54, 1.807) is 6.92 Å². The zero-order valence-electron chi connectivity index (χ0n) is 14.8. The van der Waals surface area contributed by atoms with Gasteiger partial charge >= 0.3 is 6.03 Å². The Morgan fingerprint density at radius 1 is 1.24 bits per heavy atom. The largest absolute Gasteiger partial charge is 0.504 e. The van der Waals surface area contributed by atoms with E-state index in [4.69, 9.17) is 27.9 Å². The first-order valence-corrected chi connectivity index (χ1v) is 9.80. The Labute approximate surface area is 184 Å². The van der Waals surface area contributed by atoms with Crippen LogP contribution in [0, 0.1) is 0 Å². The van der Waals surface area contributed by atoms with Gasteiger partial charge in [-0.25, -0.2) is 9.69 Å². The number of nitrogens with one attached hydrogen (secondary N) is 1. The molecule has 0 aliphatic carbocycles. The van der Waals surface area contributed by atoms with Crippen molar-refractivity contribution in [2.45, 2.75) is 6.92 Å². The first-order valence-electron chi connectivity index (χ1n) is 8.25.